The van der Waals surface area contributed by atoms with Crippen LogP contribution in [0.15, 0.2) is 12.1 Å². The molecule has 1 rings (SSSR count). The van der Waals surface area contributed by atoms with Gasteiger partial charge in [0.25, 0.3) is 0 Å². The van der Waals surface area contributed by atoms with E-state index < -0.39 is 0 Å². The number of benzene rings is 1. The Kier molecular flexibility index (Phi) is 6.20. The van der Waals surface area contributed by atoms with E-state index in [2.05, 4.69) is 32.9 Å². The predicted octanol–water partition coefficient (Wildman–Crippen LogP) is 3.66. The van der Waals surface area contributed by atoms with E-state index in [0.717, 1.165) is 38.0 Å². The van der Waals surface area contributed by atoms with Crippen molar-refractivity contribution in [3.63, 3.8) is 0 Å². The molecule has 0 unspecified atom stereocenters. The topological polar surface area (TPSA) is 35.2 Å². The average molecular weight is 249 g/mol. The SMILES string of the molecule is CCc1ccc(C(C)C)c(CCCCN)c1OC. The molecule has 0 fully saturated rings. The Morgan fingerprint density at radius 1 is 1.22 bits per heavy atom. The molecule has 0 atom stereocenters. The van der Waals surface area contributed by atoms with Crippen molar-refractivity contribution in [1.29, 1.82) is 0 Å². The van der Waals surface area contributed by atoms with Crippen LogP contribution in [0, 0.1) is 0 Å². The fourth-order valence-electron chi connectivity index (χ4n) is 2.47. The second-order valence-corrected chi connectivity index (χ2v) is 5.08. The van der Waals surface area contributed by atoms with Gasteiger partial charge in [0.1, 0.15) is 5.75 Å². The highest BCUT2D eigenvalue weighted by Crippen LogP contribution is 2.33. The van der Waals surface area contributed by atoms with Gasteiger partial charge in [-0.1, -0.05) is 32.9 Å². The van der Waals surface area contributed by atoms with Crippen LogP contribution in [0.3, 0.4) is 0 Å². The van der Waals surface area contributed by atoms with Gasteiger partial charge in [-0.25, -0.2) is 0 Å². The average Bonchev–Trinajstić information content (AvgIpc) is 2.37. The first kappa shape index (κ1) is 15.0. The zero-order chi connectivity index (χ0) is 13.5. The van der Waals surface area contributed by atoms with Gasteiger partial charge in [0, 0.05) is 0 Å². The van der Waals surface area contributed by atoms with Gasteiger partial charge in [0.2, 0.25) is 0 Å². The maximum atomic E-state index is 5.66. The molecule has 2 nitrogen and oxygen atoms in total. The molecule has 0 bridgehead atoms. The maximum Gasteiger partial charge on any atom is 0.125 e. The lowest BCUT2D eigenvalue weighted by molar-refractivity contribution is 0.403. The van der Waals surface area contributed by atoms with Crippen molar-refractivity contribution in [2.75, 3.05) is 13.7 Å². The summed E-state index contributed by atoms with van der Waals surface area (Å²) in [6.45, 7) is 7.43. The Hall–Kier alpha value is -1.02. The summed E-state index contributed by atoms with van der Waals surface area (Å²) in [5.74, 6) is 1.64. The summed E-state index contributed by atoms with van der Waals surface area (Å²) in [6.07, 6.45) is 4.31. The lowest BCUT2D eigenvalue weighted by atomic mass is 9.90. The zero-order valence-corrected chi connectivity index (χ0v) is 12.3. The molecule has 18 heavy (non-hydrogen) atoms. The monoisotopic (exact) mass is 249 g/mol. The third-order valence-electron chi connectivity index (χ3n) is 3.47. The Labute approximate surface area is 112 Å². The highest BCUT2D eigenvalue weighted by Gasteiger charge is 2.14. The maximum absolute atomic E-state index is 5.66. The number of nitrogens with two attached hydrogens (primary N) is 1. The Bertz CT molecular complexity index is 372. The van der Waals surface area contributed by atoms with Crippen molar-refractivity contribution in [2.45, 2.75) is 52.4 Å². The molecule has 0 saturated heterocycles. The number of hydrogen-bond donors (Lipinski definition) is 1. The van der Waals surface area contributed by atoms with Crippen molar-refractivity contribution in [2.24, 2.45) is 5.73 Å². The van der Waals surface area contributed by atoms with Gasteiger partial charge in [-0.2, -0.15) is 0 Å². The second kappa shape index (κ2) is 7.42. The third-order valence-corrected chi connectivity index (χ3v) is 3.47. The number of methoxy groups -OCH3 is 1. The summed E-state index contributed by atoms with van der Waals surface area (Å²) in [5, 5.41) is 0. The normalized spacial score (nSPS) is 11.0. The van der Waals surface area contributed by atoms with E-state index in [9.17, 15) is 0 Å². The summed E-state index contributed by atoms with van der Waals surface area (Å²) >= 11 is 0. The van der Waals surface area contributed by atoms with Crippen molar-refractivity contribution in [1.82, 2.24) is 0 Å². The van der Waals surface area contributed by atoms with E-state index in [1.54, 1.807) is 7.11 Å². The molecule has 1 aromatic carbocycles. The van der Waals surface area contributed by atoms with Gasteiger partial charge in [-0.15, -0.1) is 0 Å². The molecule has 0 heterocycles. The summed E-state index contributed by atoms with van der Waals surface area (Å²) in [7, 11) is 1.78. The van der Waals surface area contributed by atoms with Crippen LogP contribution >= 0.6 is 0 Å². The molecule has 0 spiro atoms. The predicted molar refractivity (Wildman–Crippen MR) is 78.5 cm³/mol. The molecule has 0 saturated carbocycles. The highest BCUT2D eigenvalue weighted by molar-refractivity contribution is 5.48. The summed E-state index contributed by atoms with van der Waals surface area (Å²) in [4.78, 5) is 0. The number of rotatable bonds is 7. The molecule has 2 heteroatoms. The molecule has 0 aliphatic carbocycles. The summed E-state index contributed by atoms with van der Waals surface area (Å²) < 4.78 is 5.66. The number of hydrogen-bond acceptors (Lipinski definition) is 2. The van der Waals surface area contributed by atoms with E-state index >= 15 is 0 Å². The largest absolute Gasteiger partial charge is 0.496 e. The number of aryl methyl sites for hydroxylation is 1. The smallest absolute Gasteiger partial charge is 0.125 e. The molecule has 0 aliphatic heterocycles. The Morgan fingerprint density at radius 2 is 1.94 bits per heavy atom. The first-order chi connectivity index (χ1) is 8.65. The third kappa shape index (κ3) is 3.49. The van der Waals surface area contributed by atoms with E-state index in [0.29, 0.717) is 5.92 Å². The van der Waals surface area contributed by atoms with Gasteiger partial charge in [-0.05, 0) is 54.8 Å². The molecule has 0 radical (unpaired) electrons. The molecule has 0 aliphatic rings. The van der Waals surface area contributed by atoms with Crippen molar-refractivity contribution in [3.8, 4) is 5.75 Å². The molecule has 1 aromatic rings. The quantitative estimate of drug-likeness (QED) is 0.748. The van der Waals surface area contributed by atoms with Crippen molar-refractivity contribution in [3.05, 3.63) is 28.8 Å². The van der Waals surface area contributed by atoms with Gasteiger partial charge in [0.15, 0.2) is 0 Å². The summed E-state index contributed by atoms with van der Waals surface area (Å²) in [5.41, 5.74) is 9.70. The van der Waals surface area contributed by atoms with E-state index in [1.165, 1.54) is 16.7 Å². The van der Waals surface area contributed by atoms with Crippen LogP contribution in [0.5, 0.6) is 5.75 Å². The number of ether oxygens (including phenoxy) is 1. The van der Waals surface area contributed by atoms with Gasteiger partial charge >= 0.3 is 0 Å². The molecular weight excluding hydrogens is 222 g/mol. The van der Waals surface area contributed by atoms with Crippen molar-refractivity contribution >= 4 is 0 Å². The van der Waals surface area contributed by atoms with Gasteiger partial charge < -0.3 is 10.5 Å². The zero-order valence-electron chi connectivity index (χ0n) is 12.3. The Morgan fingerprint density at radius 3 is 2.44 bits per heavy atom. The Balaban J connectivity index is 3.12. The van der Waals surface area contributed by atoms with Crippen LogP contribution < -0.4 is 10.5 Å². The van der Waals surface area contributed by atoms with Crippen molar-refractivity contribution < 1.29 is 4.74 Å². The molecule has 102 valence electrons. The minimum atomic E-state index is 0.540. The summed E-state index contributed by atoms with van der Waals surface area (Å²) in [6, 6.07) is 4.48. The van der Waals surface area contributed by atoms with E-state index in [1.807, 2.05) is 0 Å². The molecule has 0 amide bonds. The second-order valence-electron chi connectivity index (χ2n) is 5.08. The number of unbranched alkanes of at least 4 members (excludes halogenated alkanes) is 1. The van der Waals surface area contributed by atoms with Crippen LogP contribution in [0.2, 0.25) is 0 Å². The van der Waals surface area contributed by atoms with Gasteiger partial charge in [0.05, 0.1) is 7.11 Å². The van der Waals surface area contributed by atoms with Crippen LogP contribution in [0.1, 0.15) is 56.2 Å². The van der Waals surface area contributed by atoms with Gasteiger partial charge in [-0.3, -0.25) is 0 Å². The van der Waals surface area contributed by atoms with Crippen LogP contribution in [0.4, 0.5) is 0 Å². The highest BCUT2D eigenvalue weighted by atomic mass is 16.5. The minimum Gasteiger partial charge on any atom is -0.496 e. The van der Waals surface area contributed by atoms with Crippen LogP contribution in [-0.2, 0) is 12.8 Å². The van der Waals surface area contributed by atoms with E-state index in [4.69, 9.17) is 10.5 Å². The molecule has 0 aromatic heterocycles. The fraction of sp³-hybridized carbons (Fsp3) is 0.625. The first-order valence-corrected chi connectivity index (χ1v) is 7.04. The van der Waals surface area contributed by atoms with E-state index in [-0.39, 0.29) is 0 Å². The van der Waals surface area contributed by atoms with Crippen LogP contribution in [-0.4, -0.2) is 13.7 Å². The molecule has 2 N–H and O–H groups in total. The fourth-order valence-corrected chi connectivity index (χ4v) is 2.47. The lowest BCUT2D eigenvalue weighted by Gasteiger charge is -2.19. The first-order valence-electron chi connectivity index (χ1n) is 7.04. The molecular formula is C16H27NO. The lowest BCUT2D eigenvalue weighted by Crippen LogP contribution is -2.05. The standard InChI is InChI=1S/C16H27NO/c1-5-13-9-10-14(12(2)3)15(16(13)18-4)8-6-7-11-17/h9-10,12H,5-8,11,17H2,1-4H3. The van der Waals surface area contributed by atoms with Crippen LogP contribution in [0.25, 0.3) is 0 Å². The minimum absolute atomic E-state index is 0.540.